The van der Waals surface area contributed by atoms with Crippen molar-refractivity contribution in [3.8, 4) is 0 Å². The van der Waals surface area contributed by atoms with Gasteiger partial charge in [-0.2, -0.15) is 0 Å². The number of likely N-dealkylation sites (tertiary alicyclic amines) is 1. The van der Waals surface area contributed by atoms with Gasteiger partial charge in [0.1, 0.15) is 0 Å². The van der Waals surface area contributed by atoms with Gasteiger partial charge in [0.05, 0.1) is 17.0 Å². The molecule has 0 bridgehead atoms. The zero-order valence-corrected chi connectivity index (χ0v) is 14.7. The lowest BCUT2D eigenvalue weighted by atomic mass is 9.78. The van der Waals surface area contributed by atoms with E-state index in [9.17, 15) is 9.59 Å². The molecular formula is C20H19ClN2O2. The summed E-state index contributed by atoms with van der Waals surface area (Å²) in [5.41, 5.74) is 1.39. The van der Waals surface area contributed by atoms with Crippen LogP contribution in [0.2, 0.25) is 5.02 Å². The molecule has 0 radical (unpaired) electrons. The van der Waals surface area contributed by atoms with Gasteiger partial charge in [-0.05, 0) is 24.6 Å². The quantitative estimate of drug-likeness (QED) is 0.901. The average Bonchev–Trinajstić information content (AvgIpc) is 2.89. The van der Waals surface area contributed by atoms with E-state index >= 15 is 0 Å². The van der Waals surface area contributed by atoms with Gasteiger partial charge in [0.25, 0.3) is 5.91 Å². The van der Waals surface area contributed by atoms with Crippen molar-refractivity contribution in [2.75, 3.05) is 13.1 Å². The van der Waals surface area contributed by atoms with Crippen molar-refractivity contribution < 1.29 is 9.59 Å². The van der Waals surface area contributed by atoms with Crippen LogP contribution in [0, 0.1) is 5.41 Å². The predicted octanol–water partition coefficient (Wildman–Crippen LogP) is 3.16. The number of Topliss-reactive ketones (excluding diaryl/α,β-unsaturated/α-hetero) is 1. The van der Waals surface area contributed by atoms with Gasteiger partial charge in [-0.15, -0.1) is 0 Å². The topological polar surface area (TPSA) is 49.4 Å². The minimum atomic E-state index is -0.635. The Bertz CT molecular complexity index is 866. The number of halogens is 1. The maximum atomic E-state index is 13.2. The molecule has 25 heavy (non-hydrogen) atoms. The lowest BCUT2D eigenvalue weighted by molar-refractivity contribution is 0.0789. The Kier molecular flexibility index (Phi) is 3.89. The lowest BCUT2D eigenvalue weighted by Gasteiger charge is -2.27. The van der Waals surface area contributed by atoms with E-state index in [0.717, 1.165) is 10.6 Å². The van der Waals surface area contributed by atoms with Crippen LogP contribution in [0.1, 0.15) is 33.2 Å². The number of hydrogen-bond acceptors (Lipinski definition) is 3. The van der Waals surface area contributed by atoms with Gasteiger partial charge in [-0.3, -0.25) is 14.5 Å². The summed E-state index contributed by atoms with van der Waals surface area (Å²) in [6.07, 6.45) is 0. The van der Waals surface area contributed by atoms with Crippen molar-refractivity contribution >= 4 is 23.3 Å². The first-order valence-corrected chi connectivity index (χ1v) is 8.77. The van der Waals surface area contributed by atoms with Crippen LogP contribution in [0.5, 0.6) is 0 Å². The molecule has 1 amide bonds. The molecule has 2 aromatic carbocycles. The largest absolute Gasteiger partial charge is 0.347 e. The van der Waals surface area contributed by atoms with Crippen molar-refractivity contribution in [3.05, 3.63) is 70.2 Å². The summed E-state index contributed by atoms with van der Waals surface area (Å²) < 4.78 is 0. The van der Waals surface area contributed by atoms with Crippen molar-refractivity contribution in [3.63, 3.8) is 0 Å². The van der Waals surface area contributed by atoms with Crippen molar-refractivity contribution in [2.24, 2.45) is 5.41 Å². The third kappa shape index (κ3) is 2.66. The summed E-state index contributed by atoms with van der Waals surface area (Å²) in [7, 11) is 0. The van der Waals surface area contributed by atoms with E-state index in [1.54, 1.807) is 18.2 Å². The molecule has 4 nitrogen and oxygen atoms in total. The van der Waals surface area contributed by atoms with Crippen LogP contribution in [0.25, 0.3) is 0 Å². The first-order chi connectivity index (χ1) is 12.0. The number of ketones is 1. The Morgan fingerprint density at radius 3 is 2.56 bits per heavy atom. The van der Waals surface area contributed by atoms with Crippen molar-refractivity contribution in [1.29, 1.82) is 0 Å². The molecule has 5 heteroatoms. The van der Waals surface area contributed by atoms with Crippen LogP contribution in [-0.4, -0.2) is 35.7 Å². The molecule has 2 aliphatic rings. The number of rotatable bonds is 2. The van der Waals surface area contributed by atoms with Crippen LogP contribution < -0.4 is 5.32 Å². The minimum absolute atomic E-state index is 0.0353. The highest BCUT2D eigenvalue weighted by molar-refractivity contribution is 6.31. The van der Waals surface area contributed by atoms with Gasteiger partial charge >= 0.3 is 0 Å². The van der Waals surface area contributed by atoms with Gasteiger partial charge in [0, 0.05) is 30.2 Å². The van der Waals surface area contributed by atoms with E-state index in [2.05, 4.69) is 10.2 Å². The maximum absolute atomic E-state index is 13.2. The maximum Gasteiger partial charge on any atom is 0.252 e. The lowest BCUT2D eigenvalue weighted by Crippen LogP contribution is -2.47. The molecule has 1 fully saturated rings. The third-order valence-electron chi connectivity index (χ3n) is 5.35. The van der Waals surface area contributed by atoms with Gasteiger partial charge < -0.3 is 5.32 Å². The first-order valence-electron chi connectivity index (χ1n) is 8.39. The summed E-state index contributed by atoms with van der Waals surface area (Å²) in [6.45, 7) is 3.84. The number of amides is 1. The summed E-state index contributed by atoms with van der Waals surface area (Å²) in [5.74, 6) is -0.134. The molecule has 0 saturated carbocycles. The second-order valence-electron chi connectivity index (χ2n) is 7.08. The number of nitrogens with zero attached hydrogens (tertiary/aromatic N) is 1. The van der Waals surface area contributed by atoms with Gasteiger partial charge in [0.15, 0.2) is 5.78 Å². The Morgan fingerprint density at radius 1 is 1.12 bits per heavy atom. The smallest absolute Gasteiger partial charge is 0.252 e. The molecule has 2 aromatic rings. The first kappa shape index (κ1) is 16.3. The number of carbonyl (C=O) groups is 2. The molecule has 0 aromatic heterocycles. The number of carbonyl (C=O) groups excluding carboxylic acids is 2. The molecule has 4 rings (SSSR count). The zero-order chi connectivity index (χ0) is 17.6. The summed E-state index contributed by atoms with van der Waals surface area (Å²) in [5, 5.41) is 3.79. The molecule has 128 valence electrons. The third-order valence-corrected chi connectivity index (χ3v) is 5.72. The highest BCUT2D eigenvalue weighted by atomic mass is 35.5. The average molecular weight is 355 g/mol. The van der Waals surface area contributed by atoms with E-state index in [1.807, 2.05) is 37.3 Å². The van der Waals surface area contributed by atoms with E-state index in [4.69, 9.17) is 11.6 Å². The van der Waals surface area contributed by atoms with Crippen LogP contribution in [0.15, 0.2) is 48.5 Å². The van der Waals surface area contributed by atoms with Crippen molar-refractivity contribution in [2.45, 2.75) is 19.5 Å². The predicted molar refractivity (Wildman–Crippen MR) is 96.9 cm³/mol. The highest BCUT2D eigenvalue weighted by Crippen LogP contribution is 2.38. The molecule has 0 spiro atoms. The molecule has 1 saturated heterocycles. The fourth-order valence-electron chi connectivity index (χ4n) is 3.94. The van der Waals surface area contributed by atoms with Gasteiger partial charge in [0.2, 0.25) is 0 Å². The van der Waals surface area contributed by atoms with Gasteiger partial charge in [-0.25, -0.2) is 0 Å². The SMILES string of the molecule is C[C@]12CN(Cc3ccccc3Cl)C[C@H]1NC(=O)c1ccccc1C2=O. The van der Waals surface area contributed by atoms with Crippen LogP contribution in [0.4, 0.5) is 0 Å². The Labute approximate surface area is 151 Å². The number of hydrogen-bond donors (Lipinski definition) is 1. The molecule has 2 aliphatic heterocycles. The normalized spacial score (nSPS) is 25.9. The van der Waals surface area contributed by atoms with E-state index in [-0.39, 0.29) is 17.7 Å². The van der Waals surface area contributed by atoms with Gasteiger partial charge in [-0.1, -0.05) is 48.0 Å². The van der Waals surface area contributed by atoms with E-state index in [0.29, 0.717) is 30.8 Å². The molecule has 2 heterocycles. The van der Waals surface area contributed by atoms with E-state index < -0.39 is 5.41 Å². The standard InChI is InChI=1S/C20H19ClN2O2/c1-20-12-23(10-13-6-2-5-9-16(13)21)11-17(20)22-19(25)15-8-4-3-7-14(15)18(20)24/h2-9,17H,10-12H2,1H3,(H,22,25)/t17-,20+/m1/s1. The molecular weight excluding hydrogens is 336 g/mol. The minimum Gasteiger partial charge on any atom is -0.347 e. The monoisotopic (exact) mass is 354 g/mol. The second-order valence-corrected chi connectivity index (χ2v) is 7.49. The summed E-state index contributed by atoms with van der Waals surface area (Å²) in [4.78, 5) is 28.0. The highest BCUT2D eigenvalue weighted by Gasteiger charge is 2.51. The number of nitrogens with one attached hydrogen (secondary N) is 1. The summed E-state index contributed by atoms with van der Waals surface area (Å²) in [6, 6.07) is 14.6. The number of benzene rings is 2. The Morgan fingerprint density at radius 2 is 1.80 bits per heavy atom. The second kappa shape index (κ2) is 5.97. The van der Waals surface area contributed by atoms with Crippen molar-refractivity contribution in [1.82, 2.24) is 10.2 Å². The van der Waals surface area contributed by atoms with Crippen LogP contribution >= 0.6 is 11.6 Å². The number of fused-ring (bicyclic) bond motifs is 2. The van der Waals surface area contributed by atoms with Crippen LogP contribution in [-0.2, 0) is 6.54 Å². The molecule has 0 aliphatic carbocycles. The Balaban J connectivity index is 1.65. The fraction of sp³-hybridized carbons (Fsp3) is 0.300. The van der Waals surface area contributed by atoms with E-state index in [1.165, 1.54) is 0 Å². The fourth-order valence-corrected chi connectivity index (χ4v) is 4.14. The zero-order valence-electron chi connectivity index (χ0n) is 14.0. The molecule has 1 N–H and O–H groups in total. The molecule has 0 unspecified atom stereocenters. The Hall–Kier alpha value is -2.17. The summed E-state index contributed by atoms with van der Waals surface area (Å²) >= 11 is 6.27. The molecule has 2 atom stereocenters. The van der Waals surface area contributed by atoms with Crippen LogP contribution in [0.3, 0.4) is 0 Å².